The monoisotopic (exact) mass is 350 g/mol. The molecule has 23 heavy (non-hydrogen) atoms. The first-order valence-corrected chi connectivity index (χ1v) is 9.92. The van der Waals surface area contributed by atoms with E-state index in [-0.39, 0.29) is 11.5 Å². The van der Waals surface area contributed by atoms with Gasteiger partial charge in [-0.1, -0.05) is 12.1 Å². The number of sulfone groups is 1. The van der Waals surface area contributed by atoms with Gasteiger partial charge in [-0.2, -0.15) is 0 Å². The number of carbonyl (C=O) groups is 1. The second-order valence-corrected chi connectivity index (χ2v) is 8.96. The van der Waals surface area contributed by atoms with Gasteiger partial charge in [0.1, 0.15) is 23.3 Å². The number of fused-ring (bicyclic) bond motifs is 3. The van der Waals surface area contributed by atoms with Crippen molar-refractivity contribution in [1.29, 1.82) is 0 Å². The van der Waals surface area contributed by atoms with Crippen molar-refractivity contribution in [2.45, 2.75) is 19.1 Å². The number of rotatable bonds is 2. The second kappa shape index (κ2) is 5.35. The van der Waals surface area contributed by atoms with Crippen LogP contribution >= 0.6 is 11.3 Å². The van der Waals surface area contributed by atoms with Crippen molar-refractivity contribution in [3.63, 3.8) is 0 Å². The maximum absolute atomic E-state index is 12.3. The molecule has 0 saturated carbocycles. The first-order valence-electron chi connectivity index (χ1n) is 7.28. The van der Waals surface area contributed by atoms with E-state index in [9.17, 15) is 13.2 Å². The lowest BCUT2D eigenvalue weighted by molar-refractivity contribution is 0.0362. The molecule has 0 N–H and O–H groups in total. The lowest BCUT2D eigenvalue weighted by Gasteiger charge is -2.16. The van der Waals surface area contributed by atoms with E-state index < -0.39 is 21.9 Å². The Labute approximate surface area is 137 Å². The summed E-state index contributed by atoms with van der Waals surface area (Å²) in [6, 6.07) is 9.48. The number of benzene rings is 1. The van der Waals surface area contributed by atoms with Gasteiger partial charge in [0.2, 0.25) is 0 Å². The quantitative estimate of drug-likeness (QED) is 0.779. The van der Waals surface area contributed by atoms with Gasteiger partial charge in [-0.3, -0.25) is 0 Å². The molecule has 2 aliphatic heterocycles. The van der Waals surface area contributed by atoms with Crippen LogP contribution in [0.3, 0.4) is 0 Å². The SMILES string of the molecule is O=C(O[C@H]1CCS(=O)(=O)C1)c1cc2c(s1)-c1ccccc1OC2. The molecule has 0 spiro atoms. The first-order chi connectivity index (χ1) is 11.0. The first kappa shape index (κ1) is 14.7. The van der Waals surface area contributed by atoms with Crippen molar-refractivity contribution in [1.82, 2.24) is 0 Å². The maximum atomic E-state index is 12.3. The van der Waals surface area contributed by atoms with Crippen molar-refractivity contribution in [3.05, 3.63) is 40.8 Å². The highest BCUT2D eigenvalue weighted by atomic mass is 32.2. The summed E-state index contributed by atoms with van der Waals surface area (Å²) >= 11 is 1.37. The smallest absolute Gasteiger partial charge is 0.348 e. The molecule has 1 aromatic heterocycles. The third kappa shape index (κ3) is 2.74. The van der Waals surface area contributed by atoms with Gasteiger partial charge in [0, 0.05) is 16.0 Å². The van der Waals surface area contributed by atoms with Gasteiger partial charge >= 0.3 is 5.97 Å². The highest BCUT2D eigenvalue weighted by molar-refractivity contribution is 7.91. The molecule has 5 nitrogen and oxygen atoms in total. The Balaban J connectivity index is 1.58. The molecule has 2 aliphatic rings. The molecule has 2 aromatic rings. The Bertz CT molecular complexity index is 882. The van der Waals surface area contributed by atoms with E-state index in [1.165, 1.54) is 11.3 Å². The third-order valence-corrected chi connectivity index (χ3v) is 6.92. The summed E-state index contributed by atoms with van der Waals surface area (Å²) < 4.78 is 33.9. The molecule has 120 valence electrons. The van der Waals surface area contributed by atoms with Crippen molar-refractivity contribution >= 4 is 27.1 Å². The molecule has 4 rings (SSSR count). The molecule has 0 amide bonds. The number of ether oxygens (including phenoxy) is 2. The molecule has 1 atom stereocenters. The average Bonchev–Trinajstić information content (AvgIpc) is 3.10. The van der Waals surface area contributed by atoms with Crippen LogP contribution in [0.25, 0.3) is 10.4 Å². The third-order valence-electron chi connectivity index (χ3n) is 3.99. The molecule has 3 heterocycles. The maximum Gasteiger partial charge on any atom is 0.348 e. The molecular formula is C16H14O5S2. The predicted octanol–water partition coefficient (Wildman–Crippen LogP) is 2.65. The fraction of sp³-hybridized carbons (Fsp3) is 0.312. The number of para-hydroxylation sites is 1. The van der Waals surface area contributed by atoms with Crippen LogP contribution in [0.1, 0.15) is 21.7 Å². The van der Waals surface area contributed by atoms with Gasteiger partial charge in [-0.05, 0) is 24.6 Å². The molecule has 0 unspecified atom stereocenters. The van der Waals surface area contributed by atoms with Gasteiger partial charge in [0.15, 0.2) is 9.84 Å². The summed E-state index contributed by atoms with van der Waals surface area (Å²) in [6.07, 6.45) is -0.152. The minimum atomic E-state index is -3.06. The predicted molar refractivity (Wildman–Crippen MR) is 86.6 cm³/mol. The fourth-order valence-corrected chi connectivity index (χ4v) is 5.53. The van der Waals surface area contributed by atoms with Crippen molar-refractivity contribution in [3.8, 4) is 16.2 Å². The van der Waals surface area contributed by atoms with E-state index in [0.717, 1.165) is 21.8 Å². The Morgan fingerprint density at radius 3 is 2.91 bits per heavy atom. The standard InChI is InChI=1S/C16H14O5S2/c17-16(21-11-5-6-23(18,19)9-11)14-7-10-8-20-13-4-2-1-3-12(13)15(10)22-14/h1-4,7,11H,5-6,8-9H2/t11-/m0/s1. The van der Waals surface area contributed by atoms with E-state index >= 15 is 0 Å². The second-order valence-electron chi connectivity index (χ2n) is 5.68. The molecule has 0 aliphatic carbocycles. The summed E-state index contributed by atoms with van der Waals surface area (Å²) in [7, 11) is -3.06. The molecule has 0 radical (unpaired) electrons. The average molecular weight is 350 g/mol. The highest BCUT2D eigenvalue weighted by Gasteiger charge is 2.32. The fourth-order valence-electron chi connectivity index (χ4n) is 2.86. The van der Waals surface area contributed by atoms with Crippen LogP contribution in [-0.4, -0.2) is 32.0 Å². The van der Waals surface area contributed by atoms with Crippen molar-refractivity contribution in [2.24, 2.45) is 0 Å². The number of hydrogen-bond donors (Lipinski definition) is 0. The van der Waals surface area contributed by atoms with Gasteiger partial charge in [0.25, 0.3) is 0 Å². The van der Waals surface area contributed by atoms with E-state index in [1.54, 1.807) is 6.07 Å². The van der Waals surface area contributed by atoms with Crippen molar-refractivity contribution < 1.29 is 22.7 Å². The summed E-state index contributed by atoms with van der Waals surface area (Å²) in [4.78, 5) is 13.8. The molecule has 1 aromatic carbocycles. The lowest BCUT2D eigenvalue weighted by Crippen LogP contribution is -2.18. The number of thiophene rings is 1. The van der Waals surface area contributed by atoms with E-state index in [2.05, 4.69) is 0 Å². The van der Waals surface area contributed by atoms with Gasteiger partial charge in [-0.15, -0.1) is 11.3 Å². The largest absolute Gasteiger partial charge is 0.488 e. The topological polar surface area (TPSA) is 69.7 Å². The Morgan fingerprint density at radius 2 is 2.13 bits per heavy atom. The Hall–Kier alpha value is -1.86. The van der Waals surface area contributed by atoms with Gasteiger partial charge in [0.05, 0.1) is 11.5 Å². The van der Waals surface area contributed by atoms with E-state index in [0.29, 0.717) is 17.9 Å². The molecule has 1 saturated heterocycles. The molecule has 7 heteroatoms. The van der Waals surface area contributed by atoms with Crippen LogP contribution in [0.5, 0.6) is 5.75 Å². The zero-order valence-electron chi connectivity index (χ0n) is 12.2. The summed E-state index contributed by atoms with van der Waals surface area (Å²) in [6.45, 7) is 0.425. The molecular weight excluding hydrogens is 336 g/mol. The normalized spacial score (nSPS) is 21.1. The van der Waals surface area contributed by atoms with Crippen LogP contribution < -0.4 is 4.74 Å². The molecule has 1 fully saturated rings. The van der Waals surface area contributed by atoms with E-state index in [4.69, 9.17) is 9.47 Å². The zero-order chi connectivity index (χ0) is 16.0. The van der Waals surface area contributed by atoms with Crippen LogP contribution in [0.2, 0.25) is 0 Å². The van der Waals surface area contributed by atoms with E-state index in [1.807, 2.05) is 24.3 Å². The summed E-state index contributed by atoms with van der Waals surface area (Å²) in [5, 5.41) is 0. The van der Waals surface area contributed by atoms with Crippen molar-refractivity contribution in [2.75, 3.05) is 11.5 Å². The Kier molecular flexibility index (Phi) is 3.42. The lowest BCUT2D eigenvalue weighted by atomic mass is 10.1. The summed E-state index contributed by atoms with van der Waals surface area (Å²) in [5.41, 5.74) is 1.93. The minimum Gasteiger partial charge on any atom is -0.488 e. The number of carbonyl (C=O) groups excluding carboxylic acids is 1. The number of esters is 1. The van der Waals surface area contributed by atoms with Crippen LogP contribution in [0.15, 0.2) is 30.3 Å². The number of hydrogen-bond acceptors (Lipinski definition) is 6. The minimum absolute atomic E-state index is 0.0736. The van der Waals surface area contributed by atoms with Gasteiger partial charge < -0.3 is 9.47 Å². The van der Waals surface area contributed by atoms with Crippen LogP contribution in [0, 0.1) is 0 Å². The zero-order valence-corrected chi connectivity index (χ0v) is 13.8. The van der Waals surface area contributed by atoms with Crippen LogP contribution in [0.4, 0.5) is 0 Å². The van der Waals surface area contributed by atoms with Gasteiger partial charge in [-0.25, -0.2) is 13.2 Å². The highest BCUT2D eigenvalue weighted by Crippen LogP contribution is 2.42. The van der Waals surface area contributed by atoms with Crippen LogP contribution in [-0.2, 0) is 21.2 Å². The molecule has 0 bridgehead atoms. The summed E-state index contributed by atoms with van der Waals surface area (Å²) in [5.74, 6) is 0.371. The Morgan fingerprint density at radius 1 is 1.30 bits per heavy atom.